The monoisotopic (exact) mass is 223 g/mol. The van der Waals surface area contributed by atoms with E-state index in [-0.39, 0.29) is 0 Å². The van der Waals surface area contributed by atoms with Crippen LogP contribution in [0.5, 0.6) is 0 Å². The van der Waals surface area contributed by atoms with Gasteiger partial charge in [0.05, 0.1) is 12.7 Å². The third-order valence-electron chi connectivity index (χ3n) is 2.26. The molecule has 2 aromatic rings. The van der Waals surface area contributed by atoms with Gasteiger partial charge in [0.25, 0.3) is 0 Å². The van der Waals surface area contributed by atoms with Crippen LogP contribution in [0.3, 0.4) is 0 Å². The first kappa shape index (κ1) is 9.98. The molecule has 4 nitrogen and oxygen atoms in total. The highest BCUT2D eigenvalue weighted by Crippen LogP contribution is 2.10. The molecule has 0 bridgehead atoms. The number of nitrogens with zero attached hydrogens (tertiary/aromatic N) is 3. The molecule has 0 spiro atoms. The lowest BCUT2D eigenvalue weighted by molar-refractivity contribution is 0.112. The van der Waals surface area contributed by atoms with Crippen molar-refractivity contribution in [3.8, 4) is 0 Å². The summed E-state index contributed by atoms with van der Waals surface area (Å²) in [6.07, 6.45) is 6.05. The fourth-order valence-corrected chi connectivity index (χ4v) is 1.51. The van der Waals surface area contributed by atoms with Gasteiger partial charge in [0.2, 0.25) is 0 Å². The molecule has 2 aromatic heterocycles. The molecule has 0 aliphatic heterocycles. The van der Waals surface area contributed by atoms with E-state index in [2.05, 4.69) is 4.98 Å². The highest BCUT2D eigenvalue weighted by atomic mass is 35.5. The summed E-state index contributed by atoms with van der Waals surface area (Å²) < 4.78 is 3.70. The highest BCUT2D eigenvalue weighted by molar-refractivity contribution is 6.29. The maximum atomic E-state index is 10.5. The third kappa shape index (κ3) is 1.94. The van der Waals surface area contributed by atoms with E-state index >= 15 is 0 Å². The third-order valence-corrected chi connectivity index (χ3v) is 2.61. The van der Waals surface area contributed by atoms with E-state index < -0.39 is 0 Å². The Balaban J connectivity index is 2.21. The van der Waals surface area contributed by atoms with E-state index in [1.807, 2.05) is 22.4 Å². The van der Waals surface area contributed by atoms with Crippen molar-refractivity contribution in [3.63, 3.8) is 0 Å². The second-order valence-corrected chi connectivity index (χ2v) is 3.68. The van der Waals surface area contributed by atoms with Gasteiger partial charge in [-0.05, 0) is 6.07 Å². The smallest absolute Gasteiger partial charge is 0.151 e. The number of carbonyl (C=O) groups excluding carboxylic acids is 1. The maximum absolute atomic E-state index is 10.5. The summed E-state index contributed by atoms with van der Waals surface area (Å²) in [6, 6.07) is 1.76. The van der Waals surface area contributed by atoms with Crippen molar-refractivity contribution in [2.24, 2.45) is 7.05 Å². The Bertz CT molecular complexity index is 487. The van der Waals surface area contributed by atoms with Gasteiger partial charge in [0.15, 0.2) is 6.29 Å². The number of imidazole rings is 1. The van der Waals surface area contributed by atoms with Crippen LogP contribution in [0.15, 0.2) is 24.7 Å². The molecule has 15 heavy (non-hydrogen) atoms. The zero-order valence-electron chi connectivity index (χ0n) is 8.22. The van der Waals surface area contributed by atoms with Crippen molar-refractivity contribution in [1.82, 2.24) is 14.1 Å². The van der Waals surface area contributed by atoms with Crippen LogP contribution in [-0.4, -0.2) is 20.4 Å². The predicted molar refractivity (Wildman–Crippen MR) is 57.1 cm³/mol. The zero-order chi connectivity index (χ0) is 10.8. The van der Waals surface area contributed by atoms with Crippen molar-refractivity contribution in [2.75, 3.05) is 0 Å². The lowest BCUT2D eigenvalue weighted by Gasteiger charge is -2.03. The molecule has 0 amide bonds. The largest absolute Gasteiger partial charge is 0.346 e. The molecular formula is C10H10ClN3O. The summed E-state index contributed by atoms with van der Waals surface area (Å²) in [5.74, 6) is 0.855. The second kappa shape index (κ2) is 3.90. The first-order chi connectivity index (χ1) is 7.20. The molecule has 0 fully saturated rings. The van der Waals surface area contributed by atoms with E-state index in [1.54, 1.807) is 18.5 Å². The Morgan fingerprint density at radius 1 is 1.60 bits per heavy atom. The minimum Gasteiger partial charge on any atom is -0.346 e. The molecule has 0 N–H and O–H groups in total. The summed E-state index contributed by atoms with van der Waals surface area (Å²) >= 11 is 5.86. The van der Waals surface area contributed by atoms with E-state index in [0.717, 1.165) is 12.1 Å². The molecule has 2 rings (SSSR count). The predicted octanol–water partition coefficient (Wildman–Crippen LogP) is 1.74. The lowest BCUT2D eigenvalue weighted by atomic mass is 10.4. The van der Waals surface area contributed by atoms with Crippen LogP contribution in [0.2, 0.25) is 5.15 Å². The van der Waals surface area contributed by atoms with Crippen LogP contribution < -0.4 is 0 Å². The Morgan fingerprint density at radius 3 is 2.93 bits per heavy atom. The Kier molecular flexibility index (Phi) is 2.60. The Morgan fingerprint density at radius 2 is 2.40 bits per heavy atom. The number of aldehydes is 1. The molecule has 78 valence electrons. The topological polar surface area (TPSA) is 39.8 Å². The molecule has 0 saturated carbocycles. The van der Waals surface area contributed by atoms with Crippen LogP contribution in [0.25, 0.3) is 0 Å². The van der Waals surface area contributed by atoms with Gasteiger partial charge < -0.3 is 9.13 Å². The van der Waals surface area contributed by atoms with Gasteiger partial charge in [-0.3, -0.25) is 4.79 Å². The molecule has 0 atom stereocenters. The first-order valence-electron chi connectivity index (χ1n) is 4.48. The molecule has 0 aromatic carbocycles. The SMILES string of the molecule is Cn1c(Cl)cnc1Cn1ccc(C=O)c1. The molecule has 0 saturated heterocycles. The van der Waals surface area contributed by atoms with E-state index in [0.29, 0.717) is 17.3 Å². The fourth-order valence-electron chi connectivity index (χ4n) is 1.36. The van der Waals surface area contributed by atoms with Gasteiger partial charge in [-0.1, -0.05) is 11.6 Å². The standard InChI is InChI=1S/C10H10ClN3O/c1-13-9(11)4-12-10(13)6-14-3-2-8(5-14)7-15/h2-5,7H,6H2,1H3. The summed E-state index contributed by atoms with van der Waals surface area (Å²) in [5.41, 5.74) is 0.662. The van der Waals surface area contributed by atoms with Gasteiger partial charge >= 0.3 is 0 Å². The minimum absolute atomic E-state index is 0.604. The maximum Gasteiger partial charge on any atom is 0.151 e. The lowest BCUT2D eigenvalue weighted by Crippen LogP contribution is -2.04. The quantitative estimate of drug-likeness (QED) is 0.744. The van der Waals surface area contributed by atoms with Crippen molar-refractivity contribution in [3.05, 3.63) is 41.2 Å². The average molecular weight is 224 g/mol. The fraction of sp³-hybridized carbons (Fsp3) is 0.200. The number of hydrogen-bond donors (Lipinski definition) is 0. The van der Waals surface area contributed by atoms with Crippen molar-refractivity contribution in [1.29, 1.82) is 0 Å². The Hall–Kier alpha value is -1.55. The number of carbonyl (C=O) groups is 1. The van der Waals surface area contributed by atoms with Crippen LogP contribution >= 0.6 is 11.6 Å². The first-order valence-corrected chi connectivity index (χ1v) is 4.85. The van der Waals surface area contributed by atoms with Crippen molar-refractivity contribution >= 4 is 17.9 Å². The van der Waals surface area contributed by atoms with Crippen LogP contribution in [0.4, 0.5) is 0 Å². The van der Waals surface area contributed by atoms with Gasteiger partial charge in [0, 0.05) is 25.0 Å². The van der Waals surface area contributed by atoms with Crippen LogP contribution in [0.1, 0.15) is 16.2 Å². The summed E-state index contributed by atoms with van der Waals surface area (Å²) in [6.45, 7) is 0.608. The Labute approximate surface area is 92.1 Å². The summed E-state index contributed by atoms with van der Waals surface area (Å²) in [5, 5.41) is 0.604. The van der Waals surface area contributed by atoms with Crippen LogP contribution in [0, 0.1) is 0 Å². The van der Waals surface area contributed by atoms with Gasteiger partial charge in [-0.25, -0.2) is 4.98 Å². The van der Waals surface area contributed by atoms with E-state index in [9.17, 15) is 4.79 Å². The number of hydrogen-bond acceptors (Lipinski definition) is 2. The molecule has 0 aliphatic carbocycles. The molecule has 0 aliphatic rings. The average Bonchev–Trinajstić information content (AvgIpc) is 2.80. The van der Waals surface area contributed by atoms with Gasteiger partial charge in [0.1, 0.15) is 11.0 Å². The summed E-state index contributed by atoms with van der Waals surface area (Å²) in [4.78, 5) is 14.7. The van der Waals surface area contributed by atoms with Crippen molar-refractivity contribution < 1.29 is 4.79 Å². The number of aromatic nitrogens is 3. The number of halogens is 1. The molecular weight excluding hydrogens is 214 g/mol. The minimum atomic E-state index is 0.604. The highest BCUT2D eigenvalue weighted by Gasteiger charge is 2.04. The zero-order valence-corrected chi connectivity index (χ0v) is 8.98. The van der Waals surface area contributed by atoms with Crippen molar-refractivity contribution in [2.45, 2.75) is 6.54 Å². The second-order valence-electron chi connectivity index (χ2n) is 3.29. The normalized spacial score (nSPS) is 10.5. The molecule has 0 radical (unpaired) electrons. The van der Waals surface area contributed by atoms with E-state index in [1.165, 1.54) is 0 Å². The summed E-state index contributed by atoms with van der Waals surface area (Å²) in [7, 11) is 1.86. The molecule has 2 heterocycles. The van der Waals surface area contributed by atoms with E-state index in [4.69, 9.17) is 11.6 Å². The van der Waals surface area contributed by atoms with Gasteiger partial charge in [-0.2, -0.15) is 0 Å². The number of rotatable bonds is 3. The van der Waals surface area contributed by atoms with Gasteiger partial charge in [-0.15, -0.1) is 0 Å². The molecule has 0 unspecified atom stereocenters. The molecule has 5 heteroatoms. The van der Waals surface area contributed by atoms with Crippen LogP contribution in [-0.2, 0) is 13.6 Å².